The van der Waals surface area contributed by atoms with Crippen molar-refractivity contribution in [1.82, 2.24) is 9.80 Å². The van der Waals surface area contributed by atoms with Crippen LogP contribution in [0.1, 0.15) is 28.4 Å². The highest BCUT2D eigenvalue weighted by atomic mass is 32.2. The van der Waals surface area contributed by atoms with Crippen molar-refractivity contribution >= 4 is 34.9 Å². The summed E-state index contributed by atoms with van der Waals surface area (Å²) < 4.78 is 26.9. The number of hydrogen-bond donors (Lipinski definition) is 0. The van der Waals surface area contributed by atoms with Crippen LogP contribution >= 0.6 is 11.8 Å². The van der Waals surface area contributed by atoms with Crippen LogP contribution in [0.4, 0.5) is 13.6 Å². The second-order valence-electron chi connectivity index (χ2n) is 6.45. The van der Waals surface area contributed by atoms with Crippen molar-refractivity contribution in [1.29, 1.82) is 0 Å². The summed E-state index contributed by atoms with van der Waals surface area (Å²) in [7, 11) is 1.69. The van der Waals surface area contributed by atoms with Crippen molar-refractivity contribution in [3.63, 3.8) is 0 Å². The molecule has 1 fully saturated rings. The van der Waals surface area contributed by atoms with Gasteiger partial charge in [-0.05, 0) is 48.5 Å². The van der Waals surface area contributed by atoms with E-state index in [1.165, 1.54) is 12.1 Å². The Bertz CT molecular complexity index is 1020. The molecule has 0 unspecified atom stereocenters. The van der Waals surface area contributed by atoms with E-state index in [9.17, 15) is 23.2 Å². The van der Waals surface area contributed by atoms with E-state index in [4.69, 9.17) is 0 Å². The molecule has 0 atom stereocenters. The summed E-state index contributed by atoms with van der Waals surface area (Å²) in [6, 6.07) is 9.72. The first kappa shape index (κ1) is 20.7. The fourth-order valence-corrected chi connectivity index (χ4v) is 3.57. The molecule has 29 heavy (non-hydrogen) atoms. The van der Waals surface area contributed by atoms with Crippen LogP contribution in [0.25, 0.3) is 6.08 Å². The quantitative estimate of drug-likeness (QED) is 0.683. The Labute approximate surface area is 171 Å². The third-order valence-electron chi connectivity index (χ3n) is 4.47. The van der Waals surface area contributed by atoms with Crippen LogP contribution in [-0.2, 0) is 11.3 Å². The minimum Gasteiger partial charge on any atom is -0.342 e. The Morgan fingerprint density at radius 3 is 2.62 bits per heavy atom. The molecule has 0 aromatic heterocycles. The van der Waals surface area contributed by atoms with Crippen molar-refractivity contribution in [2.24, 2.45) is 0 Å². The van der Waals surface area contributed by atoms with Gasteiger partial charge in [0.1, 0.15) is 11.6 Å². The molecule has 1 saturated heterocycles. The molecule has 150 valence electrons. The van der Waals surface area contributed by atoms with Crippen LogP contribution in [0.2, 0.25) is 0 Å². The Kier molecular flexibility index (Phi) is 6.12. The summed E-state index contributed by atoms with van der Waals surface area (Å²) in [6.07, 6.45) is 1.52. The molecule has 5 nitrogen and oxygen atoms in total. The molecule has 0 bridgehead atoms. The van der Waals surface area contributed by atoms with Gasteiger partial charge in [-0.1, -0.05) is 18.2 Å². The SMILES string of the molecule is CCN(C)C(=O)c1cccc(/C=C2\SC(=O)N(Cc3ccc(F)cc3F)C2=O)c1. The van der Waals surface area contributed by atoms with Gasteiger partial charge in [-0.2, -0.15) is 0 Å². The maximum absolute atomic E-state index is 13.9. The lowest BCUT2D eigenvalue weighted by Crippen LogP contribution is -2.28. The minimum atomic E-state index is -0.820. The third kappa shape index (κ3) is 4.54. The van der Waals surface area contributed by atoms with Crippen molar-refractivity contribution in [3.8, 4) is 0 Å². The summed E-state index contributed by atoms with van der Waals surface area (Å²) in [5.74, 6) is -2.27. The molecule has 0 N–H and O–H groups in total. The number of carbonyl (C=O) groups is 3. The molecule has 8 heteroatoms. The highest BCUT2D eigenvalue weighted by Gasteiger charge is 2.35. The highest BCUT2D eigenvalue weighted by molar-refractivity contribution is 8.18. The molecular formula is C21H18F2N2O3S. The summed E-state index contributed by atoms with van der Waals surface area (Å²) >= 11 is 0.737. The predicted molar refractivity (Wildman–Crippen MR) is 107 cm³/mol. The van der Waals surface area contributed by atoms with E-state index >= 15 is 0 Å². The molecule has 3 rings (SSSR count). The van der Waals surface area contributed by atoms with E-state index < -0.39 is 22.8 Å². The summed E-state index contributed by atoms with van der Waals surface area (Å²) in [5.41, 5.74) is 1.11. The Morgan fingerprint density at radius 2 is 1.93 bits per heavy atom. The molecule has 1 heterocycles. The second kappa shape index (κ2) is 8.57. The summed E-state index contributed by atoms with van der Waals surface area (Å²) in [5, 5.41) is -0.539. The molecule has 0 aliphatic carbocycles. The molecule has 0 saturated carbocycles. The van der Waals surface area contributed by atoms with Crippen LogP contribution in [0.5, 0.6) is 0 Å². The van der Waals surface area contributed by atoms with E-state index in [1.807, 2.05) is 6.92 Å². The third-order valence-corrected chi connectivity index (χ3v) is 5.38. The van der Waals surface area contributed by atoms with Gasteiger partial charge in [0.2, 0.25) is 0 Å². The van der Waals surface area contributed by atoms with Gasteiger partial charge >= 0.3 is 0 Å². The second-order valence-corrected chi connectivity index (χ2v) is 7.44. The zero-order valence-corrected chi connectivity index (χ0v) is 16.6. The number of halogens is 2. The molecule has 1 aliphatic heterocycles. The highest BCUT2D eigenvalue weighted by Crippen LogP contribution is 2.33. The zero-order valence-electron chi connectivity index (χ0n) is 15.8. The van der Waals surface area contributed by atoms with Gasteiger partial charge in [0.05, 0.1) is 11.4 Å². The van der Waals surface area contributed by atoms with Gasteiger partial charge in [0, 0.05) is 30.8 Å². The molecule has 1 aliphatic rings. The lowest BCUT2D eigenvalue weighted by Gasteiger charge is -2.14. The average molecular weight is 416 g/mol. The van der Waals surface area contributed by atoms with Crippen LogP contribution in [-0.4, -0.2) is 40.4 Å². The topological polar surface area (TPSA) is 57.7 Å². The largest absolute Gasteiger partial charge is 0.342 e. The Hall–Kier alpha value is -3.00. The van der Waals surface area contributed by atoms with Gasteiger partial charge < -0.3 is 4.90 Å². The molecule has 2 aromatic rings. The van der Waals surface area contributed by atoms with E-state index in [-0.39, 0.29) is 22.9 Å². The number of carbonyl (C=O) groups excluding carboxylic acids is 3. The maximum Gasteiger partial charge on any atom is 0.293 e. The Morgan fingerprint density at radius 1 is 1.17 bits per heavy atom. The monoisotopic (exact) mass is 416 g/mol. The minimum absolute atomic E-state index is 0.0464. The summed E-state index contributed by atoms with van der Waals surface area (Å²) in [4.78, 5) is 39.8. The van der Waals surface area contributed by atoms with E-state index in [1.54, 1.807) is 36.2 Å². The first-order valence-electron chi connectivity index (χ1n) is 8.85. The van der Waals surface area contributed by atoms with Gasteiger partial charge in [-0.25, -0.2) is 8.78 Å². The molecule has 3 amide bonds. The number of imide groups is 1. The fraction of sp³-hybridized carbons (Fsp3) is 0.190. The van der Waals surface area contributed by atoms with E-state index in [0.717, 1.165) is 22.7 Å². The first-order valence-corrected chi connectivity index (χ1v) is 9.66. The number of benzene rings is 2. The van der Waals surface area contributed by atoms with Gasteiger partial charge in [0.15, 0.2) is 0 Å². The normalized spacial score (nSPS) is 15.3. The summed E-state index contributed by atoms with van der Waals surface area (Å²) in [6.45, 7) is 2.14. The standard InChI is InChI=1S/C21H18F2N2O3S/c1-3-24(2)19(26)14-6-4-5-13(9-14)10-18-20(27)25(21(28)29-18)12-15-7-8-16(22)11-17(15)23/h4-11H,3,12H2,1-2H3/b18-10-. The molecular weight excluding hydrogens is 398 g/mol. The smallest absolute Gasteiger partial charge is 0.293 e. The lowest BCUT2D eigenvalue weighted by molar-refractivity contribution is -0.123. The lowest BCUT2D eigenvalue weighted by atomic mass is 10.1. The van der Waals surface area contributed by atoms with Gasteiger partial charge in [0.25, 0.3) is 17.1 Å². The van der Waals surface area contributed by atoms with Crippen molar-refractivity contribution in [2.45, 2.75) is 13.5 Å². The molecule has 0 radical (unpaired) electrons. The number of nitrogens with zero attached hydrogens (tertiary/aromatic N) is 2. The van der Waals surface area contributed by atoms with Crippen LogP contribution in [0, 0.1) is 11.6 Å². The van der Waals surface area contributed by atoms with E-state index in [2.05, 4.69) is 0 Å². The van der Waals surface area contributed by atoms with Crippen LogP contribution < -0.4 is 0 Å². The zero-order chi connectivity index (χ0) is 21.1. The average Bonchev–Trinajstić information content (AvgIpc) is 2.96. The Balaban J connectivity index is 1.82. The maximum atomic E-state index is 13.9. The van der Waals surface area contributed by atoms with Crippen LogP contribution in [0.3, 0.4) is 0 Å². The molecule has 0 spiro atoms. The van der Waals surface area contributed by atoms with E-state index in [0.29, 0.717) is 23.7 Å². The van der Waals surface area contributed by atoms with Gasteiger partial charge in [-0.3, -0.25) is 19.3 Å². The van der Waals surface area contributed by atoms with Crippen LogP contribution in [0.15, 0.2) is 47.4 Å². The number of thioether (sulfide) groups is 1. The molecule has 2 aromatic carbocycles. The van der Waals surface area contributed by atoms with Gasteiger partial charge in [-0.15, -0.1) is 0 Å². The van der Waals surface area contributed by atoms with Crippen molar-refractivity contribution < 1.29 is 23.2 Å². The fourth-order valence-electron chi connectivity index (χ4n) is 2.73. The van der Waals surface area contributed by atoms with Crippen molar-refractivity contribution in [2.75, 3.05) is 13.6 Å². The van der Waals surface area contributed by atoms with Crippen molar-refractivity contribution in [3.05, 3.63) is 75.7 Å². The number of amides is 3. The number of rotatable bonds is 5. The predicted octanol–water partition coefficient (Wildman–Crippen LogP) is 4.29. The first-order chi connectivity index (χ1) is 13.8. The number of hydrogen-bond acceptors (Lipinski definition) is 4.